The Morgan fingerprint density at radius 1 is 1.40 bits per heavy atom. The first-order valence-electron chi connectivity index (χ1n) is 4.17. The maximum Gasteiger partial charge on any atom is 0.302 e. The number of carbonyl (C=O) groups is 2. The van der Waals surface area contributed by atoms with Crippen LogP contribution in [0.4, 0.5) is 0 Å². The number of aliphatic hydroxyl groups is 3. The van der Waals surface area contributed by atoms with E-state index in [1.807, 2.05) is 0 Å². The van der Waals surface area contributed by atoms with E-state index in [-0.39, 0.29) is 0 Å². The van der Waals surface area contributed by atoms with Gasteiger partial charge in [-0.25, -0.2) is 0 Å². The SMILES string of the molecule is CC(=O)OC[C@@H](O)[C@@H](O)[C@H](O)[C@@H](Br)C=O. The summed E-state index contributed by atoms with van der Waals surface area (Å²) < 4.78 is 4.42. The van der Waals surface area contributed by atoms with Gasteiger partial charge < -0.3 is 24.9 Å². The maximum atomic E-state index is 10.4. The molecule has 3 N–H and O–H groups in total. The molecule has 0 saturated heterocycles. The first-order chi connectivity index (χ1) is 6.90. The summed E-state index contributed by atoms with van der Waals surface area (Å²) in [6, 6.07) is 0. The molecule has 0 aliphatic rings. The molecule has 0 rings (SSSR count). The van der Waals surface area contributed by atoms with E-state index < -0.39 is 35.7 Å². The van der Waals surface area contributed by atoms with Crippen LogP contribution in [0.1, 0.15) is 6.92 Å². The number of hydrogen-bond acceptors (Lipinski definition) is 6. The first kappa shape index (κ1) is 14.5. The molecule has 0 aromatic carbocycles. The maximum absolute atomic E-state index is 10.4. The largest absolute Gasteiger partial charge is 0.463 e. The molecule has 4 atom stereocenters. The highest BCUT2D eigenvalue weighted by molar-refractivity contribution is 9.10. The fourth-order valence-electron chi connectivity index (χ4n) is 0.798. The molecular formula is C8H13BrO6. The zero-order valence-corrected chi connectivity index (χ0v) is 9.62. The molecule has 0 saturated carbocycles. The molecule has 0 aliphatic heterocycles. The van der Waals surface area contributed by atoms with Crippen molar-refractivity contribution in [1.29, 1.82) is 0 Å². The number of rotatable bonds is 6. The summed E-state index contributed by atoms with van der Waals surface area (Å²) in [6.45, 7) is 0.709. The summed E-state index contributed by atoms with van der Waals surface area (Å²) in [4.78, 5) is 19.7. The van der Waals surface area contributed by atoms with Crippen LogP contribution in [0.2, 0.25) is 0 Å². The van der Waals surface area contributed by atoms with E-state index in [4.69, 9.17) is 0 Å². The number of ether oxygens (including phenoxy) is 1. The molecule has 6 nitrogen and oxygen atoms in total. The molecule has 0 radical (unpaired) electrons. The fraction of sp³-hybridized carbons (Fsp3) is 0.750. The van der Waals surface area contributed by atoms with Crippen molar-refractivity contribution in [3.8, 4) is 0 Å². The van der Waals surface area contributed by atoms with E-state index in [0.29, 0.717) is 6.29 Å². The zero-order chi connectivity index (χ0) is 12.0. The van der Waals surface area contributed by atoms with Crippen molar-refractivity contribution in [2.75, 3.05) is 6.61 Å². The van der Waals surface area contributed by atoms with Crippen molar-refractivity contribution in [2.45, 2.75) is 30.1 Å². The molecule has 0 aromatic heterocycles. The lowest BCUT2D eigenvalue weighted by Gasteiger charge is -2.23. The number of esters is 1. The summed E-state index contributed by atoms with van der Waals surface area (Å²) in [5, 5.41) is 27.9. The van der Waals surface area contributed by atoms with Gasteiger partial charge in [0.2, 0.25) is 0 Å². The third kappa shape index (κ3) is 5.22. The van der Waals surface area contributed by atoms with Crippen LogP contribution in [0.5, 0.6) is 0 Å². The van der Waals surface area contributed by atoms with Crippen LogP contribution in [0.25, 0.3) is 0 Å². The summed E-state index contributed by atoms with van der Waals surface area (Å²) in [6.07, 6.45) is -4.09. The average molecular weight is 285 g/mol. The second-order valence-electron chi connectivity index (χ2n) is 2.93. The molecule has 0 aromatic rings. The topological polar surface area (TPSA) is 104 Å². The summed E-state index contributed by atoms with van der Waals surface area (Å²) in [5.74, 6) is -0.610. The number of aldehydes is 1. The normalized spacial score (nSPS) is 18.7. The highest BCUT2D eigenvalue weighted by Crippen LogP contribution is 2.10. The van der Waals surface area contributed by atoms with E-state index in [2.05, 4.69) is 20.7 Å². The van der Waals surface area contributed by atoms with E-state index in [0.717, 1.165) is 6.92 Å². The molecule has 0 aliphatic carbocycles. The molecular weight excluding hydrogens is 272 g/mol. The van der Waals surface area contributed by atoms with Crippen molar-refractivity contribution in [3.63, 3.8) is 0 Å². The number of hydrogen-bond donors (Lipinski definition) is 3. The Morgan fingerprint density at radius 3 is 2.33 bits per heavy atom. The molecule has 0 bridgehead atoms. The van der Waals surface area contributed by atoms with Gasteiger partial charge in [-0.1, -0.05) is 15.9 Å². The lowest BCUT2D eigenvalue weighted by molar-refractivity contribution is -0.149. The van der Waals surface area contributed by atoms with Gasteiger partial charge in [-0.15, -0.1) is 0 Å². The van der Waals surface area contributed by atoms with Gasteiger partial charge in [-0.3, -0.25) is 4.79 Å². The average Bonchev–Trinajstić information content (AvgIpc) is 2.22. The molecule has 0 spiro atoms. The molecule has 7 heteroatoms. The summed E-state index contributed by atoms with van der Waals surface area (Å²) in [7, 11) is 0. The minimum absolute atomic E-state index is 0.381. The number of halogens is 1. The molecule has 0 amide bonds. The molecule has 0 fully saturated rings. The highest BCUT2D eigenvalue weighted by atomic mass is 79.9. The number of carbonyl (C=O) groups excluding carboxylic acids is 2. The fourth-order valence-corrected chi connectivity index (χ4v) is 1.11. The van der Waals surface area contributed by atoms with Gasteiger partial charge in [0.05, 0.1) is 4.83 Å². The van der Waals surface area contributed by atoms with E-state index in [1.54, 1.807) is 0 Å². The Labute approximate surface area is 95.0 Å². The van der Waals surface area contributed by atoms with Gasteiger partial charge in [0.15, 0.2) is 0 Å². The van der Waals surface area contributed by atoms with Crippen molar-refractivity contribution in [1.82, 2.24) is 0 Å². The van der Waals surface area contributed by atoms with Gasteiger partial charge in [0, 0.05) is 6.92 Å². The Morgan fingerprint density at radius 2 is 1.93 bits per heavy atom. The van der Waals surface area contributed by atoms with Crippen molar-refractivity contribution < 1.29 is 29.6 Å². The molecule has 0 heterocycles. The zero-order valence-electron chi connectivity index (χ0n) is 8.04. The van der Waals surface area contributed by atoms with Gasteiger partial charge in [0.1, 0.15) is 31.2 Å². The number of aliphatic hydroxyl groups excluding tert-OH is 3. The third-order valence-corrected chi connectivity index (χ3v) is 2.42. The molecule has 88 valence electrons. The second-order valence-corrected chi connectivity index (χ2v) is 3.99. The van der Waals surface area contributed by atoms with E-state index in [9.17, 15) is 24.9 Å². The number of alkyl halides is 1. The lowest BCUT2D eigenvalue weighted by atomic mass is 10.1. The van der Waals surface area contributed by atoms with Crippen LogP contribution >= 0.6 is 15.9 Å². The van der Waals surface area contributed by atoms with Crippen LogP contribution in [0.15, 0.2) is 0 Å². The van der Waals surface area contributed by atoms with Gasteiger partial charge in [-0.05, 0) is 0 Å². The summed E-state index contributed by atoms with van der Waals surface area (Å²) in [5.41, 5.74) is 0. The quantitative estimate of drug-likeness (QED) is 0.315. The van der Waals surface area contributed by atoms with Gasteiger partial charge in [-0.2, -0.15) is 0 Å². The smallest absolute Gasteiger partial charge is 0.302 e. The minimum Gasteiger partial charge on any atom is -0.463 e. The van der Waals surface area contributed by atoms with E-state index in [1.165, 1.54) is 0 Å². The van der Waals surface area contributed by atoms with Crippen molar-refractivity contribution in [3.05, 3.63) is 0 Å². The minimum atomic E-state index is -1.57. The van der Waals surface area contributed by atoms with E-state index >= 15 is 0 Å². The summed E-state index contributed by atoms with van der Waals surface area (Å²) >= 11 is 2.79. The molecule has 0 unspecified atom stereocenters. The Kier molecular flexibility index (Phi) is 6.66. The van der Waals surface area contributed by atoms with Crippen LogP contribution in [-0.4, -0.2) is 57.3 Å². The third-order valence-electron chi connectivity index (χ3n) is 1.66. The second kappa shape index (κ2) is 6.89. The Hall–Kier alpha value is -0.500. The Balaban J connectivity index is 4.11. The first-order valence-corrected chi connectivity index (χ1v) is 5.08. The highest BCUT2D eigenvalue weighted by Gasteiger charge is 2.30. The van der Waals surface area contributed by atoms with Crippen LogP contribution in [0, 0.1) is 0 Å². The predicted molar refractivity (Wildman–Crippen MR) is 53.4 cm³/mol. The van der Waals surface area contributed by atoms with Crippen LogP contribution < -0.4 is 0 Å². The van der Waals surface area contributed by atoms with Crippen molar-refractivity contribution in [2.24, 2.45) is 0 Å². The van der Waals surface area contributed by atoms with Crippen molar-refractivity contribution >= 4 is 28.2 Å². The van der Waals surface area contributed by atoms with Gasteiger partial charge in [0.25, 0.3) is 0 Å². The van der Waals surface area contributed by atoms with Crippen LogP contribution in [0.3, 0.4) is 0 Å². The lowest BCUT2D eigenvalue weighted by Crippen LogP contribution is -2.45. The monoisotopic (exact) mass is 284 g/mol. The molecule has 15 heavy (non-hydrogen) atoms. The predicted octanol–water partition coefficient (Wildman–Crippen LogP) is -1.41. The standard InChI is InChI=1S/C8H13BrO6/c1-4(11)15-3-6(12)8(14)7(13)5(9)2-10/h2,5-8,12-14H,3H2,1H3/t5-,6+,7+,8+/m0/s1. The van der Waals surface area contributed by atoms with Crippen LogP contribution in [-0.2, 0) is 14.3 Å². The van der Waals surface area contributed by atoms with Gasteiger partial charge >= 0.3 is 5.97 Å². The Bertz CT molecular complexity index is 221.